The Labute approximate surface area is 133 Å². The van der Waals surface area contributed by atoms with Crippen molar-refractivity contribution in [2.75, 3.05) is 24.3 Å². The van der Waals surface area contributed by atoms with Gasteiger partial charge in [0.05, 0.1) is 11.8 Å². The summed E-state index contributed by atoms with van der Waals surface area (Å²) in [6, 6.07) is 10.9. The van der Waals surface area contributed by atoms with E-state index in [-0.39, 0.29) is 5.91 Å². The Hall–Kier alpha value is -3.15. The number of carbonyl (C=O) groups excluding carboxylic acids is 1. The van der Waals surface area contributed by atoms with E-state index in [2.05, 4.69) is 15.3 Å². The summed E-state index contributed by atoms with van der Waals surface area (Å²) >= 11 is 0. The van der Waals surface area contributed by atoms with Crippen LogP contribution < -0.4 is 10.2 Å². The minimum atomic E-state index is -0.200. The molecule has 1 N–H and O–H groups in total. The van der Waals surface area contributed by atoms with Crippen LogP contribution in [-0.4, -0.2) is 30.0 Å². The van der Waals surface area contributed by atoms with Gasteiger partial charge in [-0.25, -0.2) is 9.97 Å². The Morgan fingerprint density at radius 3 is 2.61 bits per heavy atom. The summed E-state index contributed by atoms with van der Waals surface area (Å²) in [5.74, 6) is 1.11. The Morgan fingerprint density at radius 1 is 1.17 bits per heavy atom. The topological polar surface area (TPSA) is 71.3 Å². The SMILES string of the molecule is CN(C)c1ncccc1C(=O)Nc1ccc(-c2cnco2)cc1. The summed E-state index contributed by atoms with van der Waals surface area (Å²) < 4.78 is 5.24. The number of benzene rings is 1. The van der Waals surface area contributed by atoms with Gasteiger partial charge in [-0.3, -0.25) is 4.79 Å². The molecule has 0 aliphatic carbocycles. The molecule has 0 bridgehead atoms. The molecule has 0 saturated carbocycles. The fourth-order valence-corrected chi connectivity index (χ4v) is 2.21. The number of nitrogens with zero attached hydrogens (tertiary/aromatic N) is 3. The van der Waals surface area contributed by atoms with E-state index >= 15 is 0 Å². The minimum Gasteiger partial charge on any atom is -0.444 e. The van der Waals surface area contributed by atoms with Gasteiger partial charge < -0.3 is 14.6 Å². The number of nitrogens with one attached hydrogen (secondary N) is 1. The highest BCUT2D eigenvalue weighted by molar-refractivity contribution is 6.07. The van der Waals surface area contributed by atoms with Gasteiger partial charge in [0, 0.05) is 31.5 Å². The quantitative estimate of drug-likeness (QED) is 0.802. The predicted octanol–water partition coefficient (Wildman–Crippen LogP) is 3.05. The van der Waals surface area contributed by atoms with Gasteiger partial charge in [0.15, 0.2) is 12.2 Å². The molecule has 0 aliphatic rings. The summed E-state index contributed by atoms with van der Waals surface area (Å²) in [6.07, 6.45) is 4.70. The second kappa shape index (κ2) is 6.31. The molecule has 0 saturated heterocycles. The van der Waals surface area contributed by atoms with Crippen LogP contribution in [0.1, 0.15) is 10.4 Å². The zero-order valence-corrected chi connectivity index (χ0v) is 12.9. The highest BCUT2D eigenvalue weighted by atomic mass is 16.3. The van der Waals surface area contributed by atoms with Crippen LogP contribution in [0, 0.1) is 0 Å². The Kier molecular flexibility index (Phi) is 4.05. The molecule has 3 aromatic rings. The first-order valence-corrected chi connectivity index (χ1v) is 7.08. The maximum Gasteiger partial charge on any atom is 0.259 e. The van der Waals surface area contributed by atoms with Crippen LogP contribution in [-0.2, 0) is 0 Å². The third kappa shape index (κ3) is 3.21. The number of pyridine rings is 1. The standard InChI is InChI=1S/C17H16N4O2/c1-21(2)16-14(4-3-9-19-16)17(22)20-13-7-5-12(6-8-13)15-10-18-11-23-15/h3-11H,1-2H3,(H,20,22). The molecule has 0 fully saturated rings. The fraction of sp³-hybridized carbons (Fsp3) is 0.118. The van der Waals surface area contributed by atoms with Crippen molar-refractivity contribution in [1.29, 1.82) is 0 Å². The highest BCUT2D eigenvalue weighted by Crippen LogP contribution is 2.22. The molecule has 2 heterocycles. The molecule has 3 rings (SSSR count). The lowest BCUT2D eigenvalue weighted by atomic mass is 10.1. The van der Waals surface area contributed by atoms with Gasteiger partial charge in [0.25, 0.3) is 5.91 Å². The van der Waals surface area contributed by atoms with Gasteiger partial charge in [-0.1, -0.05) is 0 Å². The van der Waals surface area contributed by atoms with E-state index in [1.807, 2.05) is 43.3 Å². The third-order valence-corrected chi connectivity index (χ3v) is 3.31. The summed E-state index contributed by atoms with van der Waals surface area (Å²) in [5, 5.41) is 2.87. The smallest absolute Gasteiger partial charge is 0.259 e. The van der Waals surface area contributed by atoms with Crippen LogP contribution >= 0.6 is 0 Å². The molecular formula is C17H16N4O2. The number of rotatable bonds is 4. The molecule has 0 atom stereocenters. The third-order valence-electron chi connectivity index (χ3n) is 3.31. The lowest BCUT2D eigenvalue weighted by molar-refractivity contribution is 0.102. The van der Waals surface area contributed by atoms with Crippen molar-refractivity contribution < 1.29 is 9.21 Å². The van der Waals surface area contributed by atoms with Crippen molar-refractivity contribution in [3.05, 3.63) is 60.7 Å². The van der Waals surface area contributed by atoms with Crippen LogP contribution in [0.3, 0.4) is 0 Å². The summed E-state index contributed by atoms with van der Waals surface area (Å²) in [6.45, 7) is 0. The van der Waals surface area contributed by atoms with Crippen molar-refractivity contribution in [3.8, 4) is 11.3 Å². The summed E-state index contributed by atoms with van der Waals surface area (Å²) in [4.78, 5) is 22.4. The van der Waals surface area contributed by atoms with Crippen LogP contribution in [0.15, 0.2) is 59.6 Å². The molecule has 1 amide bonds. The van der Waals surface area contributed by atoms with E-state index in [4.69, 9.17) is 4.42 Å². The number of aromatic nitrogens is 2. The molecule has 0 aliphatic heterocycles. The summed E-state index contributed by atoms with van der Waals surface area (Å²) in [7, 11) is 3.70. The normalized spacial score (nSPS) is 10.3. The maximum absolute atomic E-state index is 12.4. The molecule has 23 heavy (non-hydrogen) atoms. The van der Waals surface area contributed by atoms with Crippen molar-refractivity contribution in [2.45, 2.75) is 0 Å². The van der Waals surface area contributed by atoms with E-state index in [0.717, 1.165) is 5.56 Å². The Morgan fingerprint density at radius 2 is 1.96 bits per heavy atom. The van der Waals surface area contributed by atoms with Crippen molar-refractivity contribution in [2.24, 2.45) is 0 Å². The Bertz CT molecular complexity index is 796. The predicted molar refractivity (Wildman–Crippen MR) is 88.5 cm³/mol. The first-order valence-electron chi connectivity index (χ1n) is 7.08. The monoisotopic (exact) mass is 308 g/mol. The van der Waals surface area contributed by atoms with Crippen molar-refractivity contribution in [3.63, 3.8) is 0 Å². The van der Waals surface area contributed by atoms with Gasteiger partial charge in [-0.2, -0.15) is 0 Å². The van der Waals surface area contributed by atoms with E-state index in [0.29, 0.717) is 22.8 Å². The number of oxazole rings is 1. The van der Waals surface area contributed by atoms with Gasteiger partial charge in [-0.05, 0) is 36.4 Å². The van der Waals surface area contributed by atoms with Gasteiger partial charge >= 0.3 is 0 Å². The molecule has 0 radical (unpaired) electrons. The van der Waals surface area contributed by atoms with E-state index in [9.17, 15) is 4.79 Å². The minimum absolute atomic E-state index is 0.200. The first kappa shape index (κ1) is 14.8. The van der Waals surface area contributed by atoms with Gasteiger partial charge in [0.2, 0.25) is 0 Å². The lowest BCUT2D eigenvalue weighted by Gasteiger charge is -2.15. The number of hydrogen-bond acceptors (Lipinski definition) is 5. The second-order valence-electron chi connectivity index (χ2n) is 5.17. The van der Waals surface area contributed by atoms with Crippen LogP contribution in [0.5, 0.6) is 0 Å². The maximum atomic E-state index is 12.4. The van der Waals surface area contributed by atoms with Gasteiger partial charge in [-0.15, -0.1) is 0 Å². The molecular weight excluding hydrogens is 292 g/mol. The first-order chi connectivity index (χ1) is 11.1. The number of carbonyl (C=O) groups is 1. The number of amides is 1. The number of anilines is 2. The average Bonchev–Trinajstić information content (AvgIpc) is 3.10. The molecule has 2 aromatic heterocycles. The molecule has 116 valence electrons. The van der Waals surface area contributed by atoms with Crippen LogP contribution in [0.4, 0.5) is 11.5 Å². The van der Waals surface area contributed by atoms with Crippen molar-refractivity contribution in [1.82, 2.24) is 9.97 Å². The molecule has 1 aromatic carbocycles. The largest absolute Gasteiger partial charge is 0.444 e. The van der Waals surface area contributed by atoms with E-state index < -0.39 is 0 Å². The van der Waals surface area contributed by atoms with Crippen LogP contribution in [0.2, 0.25) is 0 Å². The molecule has 6 nitrogen and oxygen atoms in total. The number of hydrogen-bond donors (Lipinski definition) is 1. The molecule has 0 unspecified atom stereocenters. The zero-order chi connectivity index (χ0) is 16.2. The van der Waals surface area contributed by atoms with E-state index in [1.54, 1.807) is 24.5 Å². The summed E-state index contributed by atoms with van der Waals surface area (Å²) in [5.41, 5.74) is 2.12. The van der Waals surface area contributed by atoms with Crippen molar-refractivity contribution >= 4 is 17.4 Å². The van der Waals surface area contributed by atoms with Gasteiger partial charge in [0.1, 0.15) is 5.82 Å². The highest BCUT2D eigenvalue weighted by Gasteiger charge is 2.14. The molecule has 0 spiro atoms. The molecule has 6 heteroatoms. The van der Waals surface area contributed by atoms with Crippen LogP contribution in [0.25, 0.3) is 11.3 Å². The lowest BCUT2D eigenvalue weighted by Crippen LogP contribution is -2.19. The van der Waals surface area contributed by atoms with E-state index in [1.165, 1.54) is 6.39 Å². The second-order valence-corrected chi connectivity index (χ2v) is 5.17. The zero-order valence-electron chi connectivity index (χ0n) is 12.9. The fourth-order valence-electron chi connectivity index (χ4n) is 2.21. The Balaban J connectivity index is 1.78. The average molecular weight is 308 g/mol.